The molecular formula is C17H35NOSi. The van der Waals surface area contributed by atoms with E-state index < -0.39 is 8.32 Å². The highest BCUT2D eigenvalue weighted by Gasteiger charge is 2.65. The van der Waals surface area contributed by atoms with Crippen LogP contribution in [0.1, 0.15) is 68.2 Å². The van der Waals surface area contributed by atoms with Gasteiger partial charge in [-0.3, -0.25) is 4.90 Å². The fourth-order valence-electron chi connectivity index (χ4n) is 5.27. The molecule has 3 atom stereocenters. The molecule has 0 spiro atoms. The first kappa shape index (κ1) is 16.5. The molecule has 0 radical (unpaired) electrons. The van der Waals surface area contributed by atoms with Crippen LogP contribution in [-0.2, 0) is 4.43 Å². The van der Waals surface area contributed by atoms with Crippen molar-refractivity contribution in [3.8, 4) is 0 Å². The summed E-state index contributed by atoms with van der Waals surface area (Å²) in [7, 11) is -1.87. The van der Waals surface area contributed by atoms with Gasteiger partial charge in [-0.05, 0) is 34.4 Å². The van der Waals surface area contributed by atoms with Crippen LogP contribution in [-0.4, -0.2) is 32.5 Å². The van der Waals surface area contributed by atoms with Crippen LogP contribution in [0.4, 0.5) is 0 Å². The van der Waals surface area contributed by atoms with E-state index in [4.69, 9.17) is 4.43 Å². The third kappa shape index (κ3) is 2.30. The summed E-state index contributed by atoms with van der Waals surface area (Å²) in [6.45, 7) is 21.9. The van der Waals surface area contributed by atoms with Gasteiger partial charge >= 0.3 is 0 Å². The van der Waals surface area contributed by atoms with Crippen LogP contribution in [0.25, 0.3) is 0 Å². The van der Waals surface area contributed by atoms with Gasteiger partial charge in [0, 0.05) is 13.1 Å². The summed E-state index contributed by atoms with van der Waals surface area (Å²) in [6.07, 6.45) is 3.07. The molecule has 2 heterocycles. The molecule has 0 unspecified atom stereocenters. The van der Waals surface area contributed by atoms with E-state index in [1.54, 1.807) is 0 Å². The first-order chi connectivity index (χ1) is 9.02. The van der Waals surface area contributed by atoms with Gasteiger partial charge in [0.15, 0.2) is 0 Å². The predicted molar refractivity (Wildman–Crippen MR) is 89.5 cm³/mol. The van der Waals surface area contributed by atoms with E-state index in [1.165, 1.54) is 25.9 Å². The number of nitrogens with zero attached hydrogens (tertiary/aromatic N) is 1. The van der Waals surface area contributed by atoms with Crippen LogP contribution < -0.4 is 0 Å². The van der Waals surface area contributed by atoms with E-state index in [9.17, 15) is 0 Å². The van der Waals surface area contributed by atoms with Crippen molar-refractivity contribution in [2.45, 2.75) is 90.1 Å². The standard InChI is InChI=1S/C17H35NOSi/c1-13-14(2)20(16(3,4)5,17(6,7)8)19-15(13)18-11-9-10-12-18/h13-15H,9-12H2,1-8H3/t13-,14-,15-/m0/s1. The molecule has 20 heavy (non-hydrogen) atoms. The third-order valence-electron chi connectivity index (χ3n) is 5.92. The smallest absolute Gasteiger partial charge is 0.208 e. The lowest BCUT2D eigenvalue weighted by Gasteiger charge is -2.51. The Labute approximate surface area is 127 Å². The van der Waals surface area contributed by atoms with Crippen LogP contribution >= 0.6 is 0 Å². The van der Waals surface area contributed by atoms with Crippen molar-refractivity contribution in [2.75, 3.05) is 13.1 Å². The second-order valence-corrected chi connectivity index (χ2v) is 14.8. The van der Waals surface area contributed by atoms with Crippen LogP contribution in [0.5, 0.6) is 0 Å². The fraction of sp³-hybridized carbons (Fsp3) is 1.00. The van der Waals surface area contributed by atoms with Crippen molar-refractivity contribution >= 4 is 8.32 Å². The van der Waals surface area contributed by atoms with Crippen LogP contribution in [0.15, 0.2) is 0 Å². The Hall–Kier alpha value is 0.137. The van der Waals surface area contributed by atoms with E-state index in [1.807, 2.05) is 0 Å². The van der Waals surface area contributed by atoms with Gasteiger partial charge in [-0.15, -0.1) is 0 Å². The maximum atomic E-state index is 7.05. The molecule has 0 aliphatic carbocycles. The van der Waals surface area contributed by atoms with Crippen LogP contribution in [0.2, 0.25) is 15.6 Å². The topological polar surface area (TPSA) is 12.5 Å². The van der Waals surface area contributed by atoms with Crippen molar-refractivity contribution < 1.29 is 4.43 Å². The average molecular weight is 298 g/mol. The fourth-order valence-corrected chi connectivity index (χ4v) is 12.8. The SMILES string of the molecule is C[C@@H]1[C@@H](N2CCCC2)O[Si](C(C)(C)C)(C(C)(C)C)[C@H]1C. The maximum Gasteiger partial charge on any atom is 0.208 e. The molecule has 2 aliphatic heterocycles. The molecule has 2 saturated heterocycles. The molecule has 118 valence electrons. The molecule has 0 N–H and O–H groups in total. The molecular weight excluding hydrogens is 262 g/mol. The molecule has 0 amide bonds. The zero-order valence-corrected chi connectivity index (χ0v) is 15.9. The number of hydrogen-bond acceptors (Lipinski definition) is 2. The van der Waals surface area contributed by atoms with Gasteiger partial charge < -0.3 is 4.43 Å². The molecule has 0 bridgehead atoms. The van der Waals surface area contributed by atoms with Gasteiger partial charge in [-0.25, -0.2) is 0 Å². The highest BCUT2D eigenvalue weighted by atomic mass is 28.4. The number of rotatable bonds is 1. The first-order valence-corrected chi connectivity index (χ1v) is 10.4. The Kier molecular flexibility index (Phi) is 4.21. The molecule has 0 saturated carbocycles. The summed E-state index contributed by atoms with van der Waals surface area (Å²) >= 11 is 0. The summed E-state index contributed by atoms with van der Waals surface area (Å²) in [5.74, 6) is 0.665. The molecule has 2 aliphatic rings. The lowest BCUT2D eigenvalue weighted by molar-refractivity contribution is 0.0175. The van der Waals surface area contributed by atoms with Gasteiger partial charge in [0.1, 0.15) is 6.23 Å². The van der Waals surface area contributed by atoms with Crippen molar-refractivity contribution in [1.29, 1.82) is 0 Å². The first-order valence-electron chi connectivity index (χ1n) is 8.44. The predicted octanol–water partition coefficient (Wildman–Crippen LogP) is 5.01. The minimum Gasteiger partial charge on any atom is -0.400 e. The van der Waals surface area contributed by atoms with Crippen LogP contribution in [0, 0.1) is 5.92 Å². The Morgan fingerprint density at radius 3 is 1.70 bits per heavy atom. The minimum absolute atomic E-state index is 0.285. The van der Waals surface area contributed by atoms with E-state index in [2.05, 4.69) is 60.3 Å². The molecule has 2 fully saturated rings. The van der Waals surface area contributed by atoms with E-state index in [0.29, 0.717) is 17.7 Å². The van der Waals surface area contributed by atoms with E-state index >= 15 is 0 Å². The van der Waals surface area contributed by atoms with Gasteiger partial charge in [-0.1, -0.05) is 55.4 Å². The van der Waals surface area contributed by atoms with E-state index in [-0.39, 0.29) is 10.1 Å². The summed E-state index contributed by atoms with van der Waals surface area (Å²) in [4.78, 5) is 2.62. The monoisotopic (exact) mass is 297 g/mol. The number of likely N-dealkylation sites (tertiary alicyclic amines) is 1. The van der Waals surface area contributed by atoms with E-state index in [0.717, 1.165) is 0 Å². The Bertz CT molecular complexity index is 335. The van der Waals surface area contributed by atoms with Gasteiger partial charge in [0.2, 0.25) is 8.32 Å². The van der Waals surface area contributed by atoms with Crippen molar-refractivity contribution in [1.82, 2.24) is 4.90 Å². The summed E-state index contributed by atoms with van der Waals surface area (Å²) in [6, 6.07) is 0. The quantitative estimate of drug-likeness (QED) is 0.631. The molecule has 2 nitrogen and oxygen atoms in total. The largest absolute Gasteiger partial charge is 0.400 e. The molecule has 2 rings (SSSR count). The van der Waals surface area contributed by atoms with Crippen molar-refractivity contribution in [3.05, 3.63) is 0 Å². The highest BCUT2D eigenvalue weighted by Crippen LogP contribution is 2.63. The number of hydrogen-bond donors (Lipinski definition) is 0. The molecule has 3 heteroatoms. The Morgan fingerprint density at radius 2 is 1.35 bits per heavy atom. The molecule has 0 aromatic rings. The second-order valence-electron chi connectivity index (χ2n) is 9.13. The Morgan fingerprint density at radius 1 is 0.900 bits per heavy atom. The van der Waals surface area contributed by atoms with Gasteiger partial charge in [-0.2, -0.15) is 0 Å². The zero-order valence-electron chi connectivity index (χ0n) is 14.9. The Balaban J connectivity index is 2.39. The zero-order chi connectivity index (χ0) is 15.3. The highest BCUT2D eigenvalue weighted by molar-refractivity contribution is 6.81. The van der Waals surface area contributed by atoms with Gasteiger partial charge in [0.05, 0.1) is 0 Å². The average Bonchev–Trinajstić information content (AvgIpc) is 2.85. The lowest BCUT2D eigenvalue weighted by atomic mass is 10.1. The second kappa shape index (κ2) is 5.10. The van der Waals surface area contributed by atoms with Gasteiger partial charge in [0.25, 0.3) is 0 Å². The van der Waals surface area contributed by atoms with Crippen molar-refractivity contribution in [2.24, 2.45) is 5.92 Å². The third-order valence-corrected chi connectivity index (χ3v) is 12.8. The lowest BCUT2D eigenvalue weighted by Crippen LogP contribution is -2.55. The van der Waals surface area contributed by atoms with Crippen molar-refractivity contribution in [3.63, 3.8) is 0 Å². The summed E-state index contributed by atoms with van der Waals surface area (Å²) < 4.78 is 7.05. The molecule has 0 aromatic carbocycles. The normalized spacial score (nSPS) is 35.7. The molecule has 0 aromatic heterocycles. The maximum absolute atomic E-state index is 7.05. The minimum atomic E-state index is -1.87. The summed E-state index contributed by atoms with van der Waals surface area (Å²) in [5.41, 5.74) is 0.716. The van der Waals surface area contributed by atoms with Crippen LogP contribution in [0.3, 0.4) is 0 Å². The summed E-state index contributed by atoms with van der Waals surface area (Å²) in [5, 5.41) is 0.570.